The van der Waals surface area contributed by atoms with Crippen LogP contribution in [0.2, 0.25) is 0 Å². The van der Waals surface area contributed by atoms with Crippen molar-refractivity contribution in [3.63, 3.8) is 0 Å². The lowest BCUT2D eigenvalue weighted by atomic mass is 10.0. The van der Waals surface area contributed by atoms with Gasteiger partial charge < -0.3 is 4.57 Å². The average Bonchev–Trinajstić information content (AvgIpc) is 3.45. The second kappa shape index (κ2) is 9.56. The van der Waals surface area contributed by atoms with Crippen LogP contribution in [0.15, 0.2) is 67.0 Å². The Kier molecular flexibility index (Phi) is 6.38. The standard InChI is InChI=1S/C24H20FN5O.CO2/c1-15(2)30-14-26-28-23(30)21-7-4-8-22(27-21)29-13-18-10-9-17(12-20(18)24(29)31)16-5-3-6-19(25)11-16;2-1-3/h3-12,14-15H,13H2,1-2H3;. The van der Waals surface area contributed by atoms with Crippen molar-refractivity contribution in [1.82, 2.24) is 19.7 Å². The minimum Gasteiger partial charge on any atom is -0.310 e. The van der Waals surface area contributed by atoms with E-state index in [1.54, 1.807) is 17.3 Å². The second-order valence-corrected chi connectivity index (χ2v) is 7.89. The predicted molar refractivity (Wildman–Crippen MR) is 121 cm³/mol. The van der Waals surface area contributed by atoms with E-state index in [1.165, 1.54) is 12.1 Å². The van der Waals surface area contributed by atoms with E-state index >= 15 is 0 Å². The van der Waals surface area contributed by atoms with Gasteiger partial charge in [-0.3, -0.25) is 9.69 Å². The molecule has 4 aromatic rings. The van der Waals surface area contributed by atoms with Gasteiger partial charge in [0.15, 0.2) is 5.82 Å². The Labute approximate surface area is 194 Å². The highest BCUT2D eigenvalue weighted by atomic mass is 19.1. The van der Waals surface area contributed by atoms with Crippen LogP contribution in [0.1, 0.15) is 35.8 Å². The van der Waals surface area contributed by atoms with Gasteiger partial charge >= 0.3 is 6.15 Å². The highest BCUT2D eigenvalue weighted by Crippen LogP contribution is 2.32. The topological polar surface area (TPSA) is 98.1 Å². The quantitative estimate of drug-likeness (QED) is 0.453. The van der Waals surface area contributed by atoms with Crippen LogP contribution in [0, 0.1) is 5.82 Å². The summed E-state index contributed by atoms with van der Waals surface area (Å²) in [7, 11) is 0. The molecule has 0 spiro atoms. The summed E-state index contributed by atoms with van der Waals surface area (Å²) in [5, 5.41) is 8.21. The maximum atomic E-state index is 13.6. The third-order valence-corrected chi connectivity index (χ3v) is 5.44. The van der Waals surface area contributed by atoms with Crippen LogP contribution in [0.5, 0.6) is 0 Å². The summed E-state index contributed by atoms with van der Waals surface area (Å²) in [6.07, 6.45) is 1.93. The fourth-order valence-electron chi connectivity index (χ4n) is 3.84. The first-order valence-corrected chi connectivity index (χ1v) is 10.5. The molecule has 0 radical (unpaired) electrons. The number of anilines is 1. The van der Waals surface area contributed by atoms with Gasteiger partial charge in [-0.2, -0.15) is 9.59 Å². The van der Waals surface area contributed by atoms with Crippen LogP contribution >= 0.6 is 0 Å². The molecule has 8 nitrogen and oxygen atoms in total. The Balaban J connectivity index is 0.000000868. The lowest BCUT2D eigenvalue weighted by molar-refractivity contribution is -0.191. The number of hydrogen-bond acceptors (Lipinski definition) is 6. The maximum Gasteiger partial charge on any atom is 0.373 e. The van der Waals surface area contributed by atoms with Crippen molar-refractivity contribution < 1.29 is 18.8 Å². The fourth-order valence-corrected chi connectivity index (χ4v) is 3.84. The van der Waals surface area contributed by atoms with Gasteiger partial charge in [0, 0.05) is 11.6 Å². The monoisotopic (exact) mass is 457 g/mol. The van der Waals surface area contributed by atoms with E-state index in [-0.39, 0.29) is 23.9 Å². The molecule has 0 unspecified atom stereocenters. The first-order valence-electron chi connectivity index (χ1n) is 10.5. The van der Waals surface area contributed by atoms with Crippen molar-refractivity contribution in [2.75, 3.05) is 4.90 Å². The predicted octanol–water partition coefficient (Wildman–Crippen LogP) is 4.30. The average molecular weight is 457 g/mol. The van der Waals surface area contributed by atoms with Crippen molar-refractivity contribution in [3.8, 4) is 22.6 Å². The van der Waals surface area contributed by atoms with E-state index < -0.39 is 0 Å². The molecule has 5 rings (SSSR count). The SMILES string of the molecule is CC(C)n1cnnc1-c1cccc(N2Cc3ccc(-c4cccc(F)c4)cc3C2=O)n1.O=C=O. The molecule has 1 aliphatic heterocycles. The van der Waals surface area contributed by atoms with E-state index in [9.17, 15) is 9.18 Å². The highest BCUT2D eigenvalue weighted by molar-refractivity contribution is 6.10. The van der Waals surface area contributed by atoms with Crippen molar-refractivity contribution in [1.29, 1.82) is 0 Å². The molecule has 34 heavy (non-hydrogen) atoms. The number of pyridine rings is 1. The summed E-state index contributed by atoms with van der Waals surface area (Å²) < 4.78 is 15.6. The number of hydrogen-bond donors (Lipinski definition) is 0. The molecule has 2 aromatic heterocycles. The van der Waals surface area contributed by atoms with Gasteiger partial charge in [0.1, 0.15) is 23.7 Å². The number of aromatic nitrogens is 4. The molecule has 1 aliphatic rings. The summed E-state index contributed by atoms with van der Waals surface area (Å²) in [4.78, 5) is 35.8. The van der Waals surface area contributed by atoms with E-state index in [4.69, 9.17) is 14.6 Å². The van der Waals surface area contributed by atoms with Crippen molar-refractivity contribution in [2.45, 2.75) is 26.4 Å². The summed E-state index contributed by atoms with van der Waals surface area (Å²) in [5.41, 5.74) is 3.73. The van der Waals surface area contributed by atoms with Crippen LogP contribution in [0.4, 0.5) is 10.2 Å². The first-order chi connectivity index (χ1) is 16.4. The molecular weight excluding hydrogens is 437 g/mol. The molecular formula is C25H20FN5O3. The lowest BCUT2D eigenvalue weighted by Gasteiger charge is -2.16. The van der Waals surface area contributed by atoms with Gasteiger partial charge in [-0.05, 0) is 60.9 Å². The second-order valence-electron chi connectivity index (χ2n) is 7.89. The molecule has 0 bridgehead atoms. The van der Waals surface area contributed by atoms with Crippen LogP contribution < -0.4 is 4.90 Å². The van der Waals surface area contributed by atoms with Crippen molar-refractivity contribution >= 4 is 17.9 Å². The van der Waals surface area contributed by atoms with Crippen molar-refractivity contribution in [3.05, 3.63) is 83.9 Å². The van der Waals surface area contributed by atoms with Crippen LogP contribution in [-0.4, -0.2) is 31.8 Å². The Morgan fingerprint density at radius 1 is 1.00 bits per heavy atom. The first kappa shape index (κ1) is 22.7. The van der Waals surface area contributed by atoms with Gasteiger partial charge in [0.2, 0.25) is 0 Å². The number of benzene rings is 2. The Morgan fingerprint density at radius 2 is 1.74 bits per heavy atom. The third kappa shape index (κ3) is 4.37. The molecule has 0 saturated carbocycles. The number of rotatable bonds is 4. The number of halogens is 1. The molecule has 1 amide bonds. The fraction of sp³-hybridized carbons (Fsp3) is 0.160. The zero-order valence-corrected chi connectivity index (χ0v) is 18.5. The molecule has 170 valence electrons. The molecule has 0 saturated heterocycles. The summed E-state index contributed by atoms with van der Waals surface area (Å²) in [6.45, 7) is 4.53. The summed E-state index contributed by atoms with van der Waals surface area (Å²) in [6, 6.07) is 17.8. The van der Waals surface area contributed by atoms with Gasteiger partial charge in [0.05, 0.1) is 6.54 Å². The van der Waals surface area contributed by atoms with Gasteiger partial charge in [-0.25, -0.2) is 9.37 Å². The molecule has 0 atom stereocenters. The normalized spacial score (nSPS) is 12.2. The van der Waals surface area contributed by atoms with Crippen molar-refractivity contribution in [2.24, 2.45) is 0 Å². The molecule has 2 aromatic carbocycles. The van der Waals surface area contributed by atoms with Gasteiger partial charge in [0.25, 0.3) is 5.91 Å². The molecule has 0 fully saturated rings. The summed E-state index contributed by atoms with van der Waals surface area (Å²) >= 11 is 0. The maximum absolute atomic E-state index is 13.6. The number of amides is 1. The number of carbonyl (C=O) groups excluding carboxylic acids is 3. The largest absolute Gasteiger partial charge is 0.373 e. The summed E-state index contributed by atoms with van der Waals surface area (Å²) in [5.74, 6) is 0.795. The zero-order chi connectivity index (χ0) is 24.2. The van der Waals surface area contributed by atoms with Gasteiger partial charge in [-0.1, -0.05) is 30.3 Å². The van der Waals surface area contributed by atoms with E-state index in [2.05, 4.69) is 10.2 Å². The van der Waals surface area contributed by atoms with E-state index in [0.717, 1.165) is 16.7 Å². The minimum absolute atomic E-state index is 0.122. The molecule has 0 N–H and O–H groups in total. The van der Waals surface area contributed by atoms with Crippen LogP contribution in [-0.2, 0) is 16.1 Å². The smallest absolute Gasteiger partial charge is 0.310 e. The minimum atomic E-state index is -0.304. The number of nitrogens with zero attached hydrogens (tertiary/aromatic N) is 5. The van der Waals surface area contributed by atoms with E-state index in [1.807, 2.05) is 60.9 Å². The Morgan fingerprint density at radius 3 is 2.47 bits per heavy atom. The Bertz CT molecular complexity index is 1390. The molecule has 9 heteroatoms. The number of fused-ring (bicyclic) bond motifs is 1. The molecule has 3 heterocycles. The molecule has 0 aliphatic carbocycles. The van der Waals surface area contributed by atoms with Crippen LogP contribution in [0.3, 0.4) is 0 Å². The van der Waals surface area contributed by atoms with Crippen LogP contribution in [0.25, 0.3) is 22.6 Å². The van der Waals surface area contributed by atoms with E-state index in [0.29, 0.717) is 29.4 Å². The zero-order valence-electron chi connectivity index (χ0n) is 18.5. The van der Waals surface area contributed by atoms with Gasteiger partial charge in [-0.15, -0.1) is 10.2 Å². The number of carbonyl (C=O) groups is 1. The highest BCUT2D eigenvalue weighted by Gasteiger charge is 2.30. The Hall–Kier alpha value is -4.49. The lowest BCUT2D eigenvalue weighted by Crippen LogP contribution is -2.24. The third-order valence-electron chi connectivity index (χ3n) is 5.44.